The van der Waals surface area contributed by atoms with Crippen molar-refractivity contribution in [3.63, 3.8) is 0 Å². The highest BCUT2D eigenvalue weighted by atomic mass is 16.7. The second kappa shape index (κ2) is 4.30. The van der Waals surface area contributed by atoms with Crippen LogP contribution in [0.3, 0.4) is 0 Å². The third-order valence-electron chi connectivity index (χ3n) is 3.43. The minimum absolute atomic E-state index is 0.230. The molecule has 3 heteroatoms. The van der Waals surface area contributed by atoms with Crippen LogP contribution in [0.5, 0.6) is 0 Å². The topological polar surface area (TPSA) is 29.5 Å². The normalized spacial score (nSPS) is 33.4. The largest absolute Gasteiger partial charge is 0.272 e. The second-order valence-corrected chi connectivity index (χ2v) is 4.50. The van der Waals surface area contributed by atoms with Gasteiger partial charge in [0.25, 0.3) is 0 Å². The Morgan fingerprint density at radius 2 is 2.14 bits per heavy atom. The summed E-state index contributed by atoms with van der Waals surface area (Å²) in [6.45, 7) is 3.69. The van der Waals surface area contributed by atoms with Crippen LogP contribution in [-0.4, -0.2) is 24.1 Å². The van der Waals surface area contributed by atoms with Crippen molar-refractivity contribution in [1.82, 2.24) is 5.06 Å². The van der Waals surface area contributed by atoms with Gasteiger partial charge in [-0.3, -0.25) is 9.63 Å². The van der Waals surface area contributed by atoms with Gasteiger partial charge in [-0.2, -0.15) is 0 Å². The van der Waals surface area contributed by atoms with Gasteiger partial charge in [0.2, 0.25) is 5.91 Å². The smallest absolute Gasteiger partial charge is 0.249 e. The first-order chi connectivity index (χ1) is 6.79. The number of amides is 1. The Balaban J connectivity index is 1.92. The molecule has 3 nitrogen and oxygen atoms in total. The molecule has 14 heavy (non-hydrogen) atoms. The van der Waals surface area contributed by atoms with Crippen LogP contribution >= 0.6 is 0 Å². The van der Waals surface area contributed by atoms with Crippen LogP contribution < -0.4 is 0 Å². The average molecular weight is 197 g/mol. The molecular weight excluding hydrogens is 178 g/mol. The predicted molar refractivity (Wildman–Crippen MR) is 53.4 cm³/mol. The predicted octanol–water partition coefficient (Wildman–Crippen LogP) is 1.98. The molecule has 1 aliphatic carbocycles. The van der Waals surface area contributed by atoms with Gasteiger partial charge in [0.05, 0.1) is 6.61 Å². The summed E-state index contributed by atoms with van der Waals surface area (Å²) in [6.07, 6.45) is 5.63. The molecule has 1 saturated carbocycles. The summed E-state index contributed by atoms with van der Waals surface area (Å²) in [5.74, 6) is 1.01. The lowest BCUT2D eigenvalue weighted by Crippen LogP contribution is -2.40. The molecule has 2 aliphatic rings. The standard InChI is InChI=1S/C11H19NO2/c1-9-5-4-6-10(9)11(13)12-7-2-3-8-14-12/h9-10H,2-8H2,1H3. The molecule has 2 unspecified atom stereocenters. The van der Waals surface area contributed by atoms with E-state index in [0.717, 1.165) is 25.8 Å². The van der Waals surface area contributed by atoms with E-state index in [9.17, 15) is 4.79 Å². The summed E-state index contributed by atoms with van der Waals surface area (Å²) in [7, 11) is 0. The molecule has 0 spiro atoms. The van der Waals surface area contributed by atoms with Crippen LogP contribution in [0.15, 0.2) is 0 Å². The van der Waals surface area contributed by atoms with Crippen molar-refractivity contribution in [2.24, 2.45) is 11.8 Å². The number of carbonyl (C=O) groups is 1. The van der Waals surface area contributed by atoms with Crippen LogP contribution in [0.25, 0.3) is 0 Å². The Morgan fingerprint density at radius 3 is 2.71 bits per heavy atom. The van der Waals surface area contributed by atoms with Crippen LogP contribution in [0.2, 0.25) is 0 Å². The molecule has 0 bridgehead atoms. The Bertz CT molecular complexity index is 211. The maximum absolute atomic E-state index is 12.0. The van der Waals surface area contributed by atoms with Crippen molar-refractivity contribution in [3.05, 3.63) is 0 Å². The van der Waals surface area contributed by atoms with E-state index in [1.165, 1.54) is 12.8 Å². The number of nitrogens with zero attached hydrogens (tertiary/aromatic N) is 1. The van der Waals surface area contributed by atoms with Gasteiger partial charge in [0.1, 0.15) is 0 Å². The van der Waals surface area contributed by atoms with E-state index in [4.69, 9.17) is 4.84 Å². The Hall–Kier alpha value is -0.570. The van der Waals surface area contributed by atoms with Crippen LogP contribution in [-0.2, 0) is 9.63 Å². The molecule has 1 amide bonds. The van der Waals surface area contributed by atoms with Gasteiger partial charge >= 0.3 is 0 Å². The number of carbonyl (C=O) groups excluding carboxylic acids is 1. The summed E-state index contributed by atoms with van der Waals surface area (Å²) in [4.78, 5) is 17.4. The van der Waals surface area contributed by atoms with E-state index < -0.39 is 0 Å². The van der Waals surface area contributed by atoms with E-state index in [-0.39, 0.29) is 11.8 Å². The summed E-state index contributed by atoms with van der Waals surface area (Å²) >= 11 is 0. The molecule has 80 valence electrons. The number of hydroxylamine groups is 2. The van der Waals surface area contributed by atoms with Gasteiger partial charge in [0.15, 0.2) is 0 Å². The molecule has 0 aromatic rings. The van der Waals surface area contributed by atoms with Gasteiger partial charge in [0, 0.05) is 12.5 Å². The molecule has 0 aromatic heterocycles. The van der Waals surface area contributed by atoms with Crippen LogP contribution in [0.1, 0.15) is 39.0 Å². The van der Waals surface area contributed by atoms with E-state index in [0.29, 0.717) is 12.5 Å². The molecule has 2 atom stereocenters. The fourth-order valence-corrected chi connectivity index (χ4v) is 2.47. The lowest BCUT2D eigenvalue weighted by molar-refractivity contribution is -0.202. The van der Waals surface area contributed by atoms with E-state index >= 15 is 0 Å². The summed E-state index contributed by atoms with van der Waals surface area (Å²) in [5.41, 5.74) is 0. The van der Waals surface area contributed by atoms with Crippen molar-refractivity contribution in [2.45, 2.75) is 39.0 Å². The molecule has 1 aliphatic heterocycles. The van der Waals surface area contributed by atoms with Gasteiger partial charge in [-0.05, 0) is 31.6 Å². The van der Waals surface area contributed by atoms with Gasteiger partial charge < -0.3 is 0 Å². The second-order valence-electron chi connectivity index (χ2n) is 4.50. The molecule has 1 saturated heterocycles. The van der Waals surface area contributed by atoms with Crippen molar-refractivity contribution in [1.29, 1.82) is 0 Å². The molecule has 0 radical (unpaired) electrons. The Kier molecular flexibility index (Phi) is 3.06. The average Bonchev–Trinajstić information content (AvgIpc) is 2.65. The highest BCUT2D eigenvalue weighted by Crippen LogP contribution is 2.33. The quantitative estimate of drug-likeness (QED) is 0.643. The van der Waals surface area contributed by atoms with Crippen molar-refractivity contribution >= 4 is 5.91 Å². The lowest BCUT2D eigenvalue weighted by atomic mass is 9.97. The fraction of sp³-hybridized carbons (Fsp3) is 0.909. The monoisotopic (exact) mass is 197 g/mol. The maximum atomic E-state index is 12.0. The summed E-state index contributed by atoms with van der Waals surface area (Å²) in [5, 5.41) is 1.61. The van der Waals surface area contributed by atoms with Crippen molar-refractivity contribution in [2.75, 3.05) is 13.2 Å². The molecule has 2 fully saturated rings. The Labute approximate surface area is 85.4 Å². The van der Waals surface area contributed by atoms with Crippen molar-refractivity contribution < 1.29 is 9.63 Å². The van der Waals surface area contributed by atoms with E-state index in [1.54, 1.807) is 5.06 Å². The first-order valence-electron chi connectivity index (χ1n) is 5.73. The molecule has 1 heterocycles. The first kappa shape index (κ1) is 9.97. The van der Waals surface area contributed by atoms with Gasteiger partial charge in [-0.25, -0.2) is 5.06 Å². The summed E-state index contributed by atoms with van der Waals surface area (Å²) in [6, 6.07) is 0. The lowest BCUT2D eigenvalue weighted by Gasteiger charge is -2.29. The Morgan fingerprint density at radius 1 is 1.29 bits per heavy atom. The third kappa shape index (κ3) is 1.92. The minimum Gasteiger partial charge on any atom is -0.272 e. The molecule has 0 N–H and O–H groups in total. The zero-order valence-electron chi connectivity index (χ0n) is 8.87. The number of hydrogen-bond acceptors (Lipinski definition) is 2. The van der Waals surface area contributed by atoms with E-state index in [1.807, 2.05) is 0 Å². The van der Waals surface area contributed by atoms with Gasteiger partial charge in [-0.1, -0.05) is 13.3 Å². The number of hydrogen-bond donors (Lipinski definition) is 0. The molecule has 2 rings (SSSR count). The third-order valence-corrected chi connectivity index (χ3v) is 3.43. The minimum atomic E-state index is 0.230. The zero-order valence-corrected chi connectivity index (χ0v) is 8.87. The number of rotatable bonds is 1. The highest BCUT2D eigenvalue weighted by Gasteiger charge is 2.33. The van der Waals surface area contributed by atoms with Crippen LogP contribution in [0.4, 0.5) is 0 Å². The SMILES string of the molecule is CC1CCCC1C(=O)N1CCCCO1. The molecular formula is C11H19NO2. The zero-order chi connectivity index (χ0) is 9.97. The molecule has 0 aromatic carbocycles. The highest BCUT2D eigenvalue weighted by molar-refractivity contribution is 5.78. The fourth-order valence-electron chi connectivity index (χ4n) is 2.47. The first-order valence-corrected chi connectivity index (χ1v) is 5.73. The van der Waals surface area contributed by atoms with Crippen molar-refractivity contribution in [3.8, 4) is 0 Å². The van der Waals surface area contributed by atoms with Gasteiger partial charge in [-0.15, -0.1) is 0 Å². The maximum Gasteiger partial charge on any atom is 0.249 e. The van der Waals surface area contributed by atoms with Crippen LogP contribution in [0, 0.1) is 11.8 Å². The van der Waals surface area contributed by atoms with E-state index in [2.05, 4.69) is 6.92 Å². The summed E-state index contributed by atoms with van der Waals surface area (Å²) < 4.78 is 0.